The third-order valence-electron chi connectivity index (χ3n) is 1.89. The van der Waals surface area contributed by atoms with E-state index in [1.54, 1.807) is 0 Å². The summed E-state index contributed by atoms with van der Waals surface area (Å²) in [5, 5.41) is 0. The normalized spacial score (nSPS) is 13.7. The molecule has 0 aliphatic rings. The molecule has 112 valence electrons. The Morgan fingerprint density at radius 2 is 1.63 bits per heavy atom. The van der Waals surface area contributed by atoms with Crippen molar-refractivity contribution < 1.29 is 44.7 Å². The fourth-order valence-electron chi connectivity index (χ4n) is 0.816. The molecule has 19 heavy (non-hydrogen) atoms. The van der Waals surface area contributed by atoms with Gasteiger partial charge in [-0.05, 0) is 0 Å². The van der Waals surface area contributed by atoms with Crippen molar-refractivity contribution in [2.75, 3.05) is 13.2 Å². The van der Waals surface area contributed by atoms with Crippen LogP contribution in [-0.4, -0.2) is 43.7 Å². The summed E-state index contributed by atoms with van der Waals surface area (Å²) in [6.45, 7) is -0.252. The maximum absolute atomic E-state index is 12.8. The van der Waals surface area contributed by atoms with Crippen LogP contribution in [0.25, 0.3) is 0 Å². The maximum Gasteiger partial charge on any atom is 0.380 e. The Hall–Kier alpha value is -1.19. The standard InChI is InChI=1S/C9H8F8O2/c1-5(2-18)3-19-4-7(12,13)9(16,17)8(14,15)6(10)11/h2,6H,1,3-4H2. The number of hydrogen-bond acceptors (Lipinski definition) is 2. The van der Waals surface area contributed by atoms with Crippen LogP contribution < -0.4 is 0 Å². The highest BCUT2D eigenvalue weighted by molar-refractivity contribution is 5.72. The summed E-state index contributed by atoms with van der Waals surface area (Å²) in [5.74, 6) is -18.1. The molecule has 0 bridgehead atoms. The molecule has 0 saturated carbocycles. The third-order valence-corrected chi connectivity index (χ3v) is 1.89. The van der Waals surface area contributed by atoms with Crippen LogP contribution in [0.5, 0.6) is 0 Å². The van der Waals surface area contributed by atoms with Gasteiger partial charge in [-0.2, -0.15) is 26.3 Å². The van der Waals surface area contributed by atoms with E-state index in [1.165, 1.54) is 0 Å². The van der Waals surface area contributed by atoms with Crippen LogP contribution in [0.2, 0.25) is 0 Å². The highest BCUT2D eigenvalue weighted by atomic mass is 19.4. The van der Waals surface area contributed by atoms with Gasteiger partial charge in [0.2, 0.25) is 0 Å². The van der Waals surface area contributed by atoms with Crippen LogP contribution in [0.4, 0.5) is 35.1 Å². The fourth-order valence-corrected chi connectivity index (χ4v) is 0.816. The van der Waals surface area contributed by atoms with Crippen LogP contribution in [0, 0.1) is 0 Å². The Bertz CT molecular complexity index is 339. The molecule has 2 nitrogen and oxygen atoms in total. The van der Waals surface area contributed by atoms with Crippen LogP contribution in [0.3, 0.4) is 0 Å². The van der Waals surface area contributed by atoms with E-state index in [4.69, 9.17) is 0 Å². The van der Waals surface area contributed by atoms with Crippen LogP contribution in [-0.2, 0) is 9.53 Å². The van der Waals surface area contributed by atoms with E-state index in [0.29, 0.717) is 0 Å². The van der Waals surface area contributed by atoms with E-state index in [2.05, 4.69) is 11.3 Å². The number of ether oxygens (including phenoxy) is 1. The van der Waals surface area contributed by atoms with Crippen LogP contribution in [0.15, 0.2) is 12.2 Å². The zero-order valence-corrected chi connectivity index (χ0v) is 9.12. The van der Waals surface area contributed by atoms with Crippen LogP contribution in [0.1, 0.15) is 0 Å². The molecule has 0 rings (SSSR count). The zero-order chi connectivity index (χ0) is 15.5. The predicted octanol–water partition coefficient (Wildman–Crippen LogP) is 2.93. The number of rotatable bonds is 8. The summed E-state index contributed by atoms with van der Waals surface area (Å²) < 4.78 is 103. The summed E-state index contributed by atoms with van der Waals surface area (Å²) in [6.07, 6.45) is -4.91. The Morgan fingerprint density at radius 3 is 2.00 bits per heavy atom. The minimum atomic E-state index is -6.31. The van der Waals surface area contributed by atoms with Crippen molar-refractivity contribution in [1.82, 2.24) is 0 Å². The van der Waals surface area contributed by atoms with Gasteiger partial charge in [-0.3, -0.25) is 4.79 Å². The van der Waals surface area contributed by atoms with Gasteiger partial charge in [-0.25, -0.2) is 8.78 Å². The first kappa shape index (κ1) is 17.8. The monoisotopic (exact) mass is 300 g/mol. The number of alkyl halides is 8. The van der Waals surface area contributed by atoms with Gasteiger partial charge in [0.25, 0.3) is 0 Å². The molecule has 0 N–H and O–H groups in total. The smallest absolute Gasteiger partial charge is 0.370 e. The lowest BCUT2D eigenvalue weighted by Gasteiger charge is -2.31. The number of aldehydes is 1. The van der Waals surface area contributed by atoms with E-state index >= 15 is 0 Å². The molecule has 0 aliphatic heterocycles. The average molecular weight is 300 g/mol. The first-order chi connectivity index (χ1) is 8.40. The molecule has 0 heterocycles. The Morgan fingerprint density at radius 1 is 1.16 bits per heavy atom. The number of hydrogen-bond donors (Lipinski definition) is 0. The van der Waals surface area contributed by atoms with Gasteiger partial charge >= 0.3 is 24.2 Å². The van der Waals surface area contributed by atoms with E-state index in [1.807, 2.05) is 0 Å². The number of carbonyl (C=O) groups excluding carboxylic acids is 1. The molecule has 10 heteroatoms. The molecular weight excluding hydrogens is 292 g/mol. The molecule has 0 spiro atoms. The average Bonchev–Trinajstić information content (AvgIpc) is 2.27. The summed E-state index contributed by atoms with van der Waals surface area (Å²) in [6, 6.07) is 0. The lowest BCUT2D eigenvalue weighted by atomic mass is 10.1. The van der Waals surface area contributed by atoms with Gasteiger partial charge in [-0.15, -0.1) is 0 Å². The lowest BCUT2D eigenvalue weighted by molar-refractivity contribution is -0.345. The van der Waals surface area contributed by atoms with Crippen molar-refractivity contribution in [1.29, 1.82) is 0 Å². The first-order valence-electron chi connectivity index (χ1n) is 4.52. The molecule has 0 aliphatic carbocycles. The second-order valence-corrected chi connectivity index (χ2v) is 3.47. The second-order valence-electron chi connectivity index (χ2n) is 3.47. The largest absolute Gasteiger partial charge is 0.380 e. The lowest BCUT2D eigenvalue weighted by Crippen LogP contribution is -2.59. The molecule has 0 atom stereocenters. The minimum absolute atomic E-state index is 0.0596. The molecule has 0 unspecified atom stereocenters. The van der Waals surface area contributed by atoms with Crippen molar-refractivity contribution in [2.45, 2.75) is 24.2 Å². The molecule has 0 fully saturated rings. The number of carbonyl (C=O) groups is 1. The minimum Gasteiger partial charge on any atom is -0.370 e. The van der Waals surface area contributed by atoms with Crippen molar-refractivity contribution in [2.24, 2.45) is 0 Å². The summed E-state index contributed by atoms with van der Waals surface area (Å²) in [4.78, 5) is 9.97. The second kappa shape index (κ2) is 5.85. The Balaban J connectivity index is 4.87. The predicted molar refractivity (Wildman–Crippen MR) is 46.9 cm³/mol. The summed E-state index contributed by atoms with van der Waals surface area (Å²) in [7, 11) is 0. The quantitative estimate of drug-likeness (QED) is 0.391. The van der Waals surface area contributed by atoms with Crippen molar-refractivity contribution in [3.8, 4) is 0 Å². The third kappa shape index (κ3) is 3.64. The zero-order valence-electron chi connectivity index (χ0n) is 9.12. The molecule has 0 saturated heterocycles. The Labute approximate surface area is 102 Å². The number of halogens is 8. The molecule has 0 aromatic heterocycles. The molecule has 0 aromatic carbocycles. The van der Waals surface area contributed by atoms with Gasteiger partial charge < -0.3 is 4.74 Å². The van der Waals surface area contributed by atoms with Gasteiger partial charge in [0.15, 0.2) is 0 Å². The van der Waals surface area contributed by atoms with E-state index in [-0.39, 0.29) is 6.29 Å². The molecule has 0 amide bonds. The van der Waals surface area contributed by atoms with E-state index in [0.717, 1.165) is 0 Å². The fraction of sp³-hybridized carbons (Fsp3) is 0.667. The van der Waals surface area contributed by atoms with Gasteiger partial charge in [0, 0.05) is 5.57 Å². The Kier molecular flexibility index (Phi) is 5.48. The topological polar surface area (TPSA) is 26.3 Å². The van der Waals surface area contributed by atoms with Crippen molar-refractivity contribution in [3.05, 3.63) is 12.2 Å². The highest BCUT2D eigenvalue weighted by Crippen LogP contribution is 2.48. The molecule has 0 radical (unpaired) electrons. The summed E-state index contributed by atoms with van der Waals surface area (Å²) in [5.41, 5.74) is -0.417. The van der Waals surface area contributed by atoms with Crippen molar-refractivity contribution in [3.63, 3.8) is 0 Å². The van der Waals surface area contributed by atoms with Gasteiger partial charge in [-0.1, -0.05) is 6.58 Å². The SMILES string of the molecule is C=C(C=O)COCC(F)(F)C(F)(F)C(F)(F)C(F)F. The van der Waals surface area contributed by atoms with Crippen molar-refractivity contribution >= 4 is 6.29 Å². The van der Waals surface area contributed by atoms with Gasteiger partial charge in [0.05, 0.1) is 6.61 Å². The molecular formula is C9H8F8O2. The molecule has 0 aromatic rings. The van der Waals surface area contributed by atoms with E-state index in [9.17, 15) is 39.9 Å². The summed E-state index contributed by atoms with van der Waals surface area (Å²) >= 11 is 0. The van der Waals surface area contributed by atoms with E-state index < -0.39 is 43.0 Å². The highest BCUT2D eigenvalue weighted by Gasteiger charge is 2.75. The van der Waals surface area contributed by atoms with Gasteiger partial charge in [0.1, 0.15) is 12.9 Å². The first-order valence-corrected chi connectivity index (χ1v) is 4.52. The van der Waals surface area contributed by atoms with Crippen LogP contribution >= 0.6 is 0 Å². The maximum atomic E-state index is 12.8.